The predicted molar refractivity (Wildman–Crippen MR) is 117 cm³/mol. The molecule has 1 heterocycles. The van der Waals surface area contributed by atoms with Gasteiger partial charge in [0.15, 0.2) is 0 Å². The zero-order valence-electron chi connectivity index (χ0n) is 16.6. The smallest absolute Gasteiger partial charge is 0.233 e. The number of nitrogens with zero attached hydrogens (tertiary/aromatic N) is 1. The van der Waals surface area contributed by atoms with Crippen molar-refractivity contribution in [2.24, 2.45) is 0 Å². The van der Waals surface area contributed by atoms with Crippen LogP contribution in [-0.4, -0.2) is 38.2 Å². The van der Waals surface area contributed by atoms with Crippen molar-refractivity contribution in [3.63, 3.8) is 0 Å². The van der Waals surface area contributed by atoms with Crippen LogP contribution in [0.15, 0.2) is 60.0 Å². The van der Waals surface area contributed by atoms with Crippen LogP contribution in [-0.2, 0) is 26.2 Å². The van der Waals surface area contributed by atoms with Gasteiger partial charge in [0.2, 0.25) is 21.8 Å². The minimum Gasteiger partial charge on any atom is -0.338 e. The van der Waals surface area contributed by atoms with E-state index in [4.69, 9.17) is 0 Å². The lowest BCUT2D eigenvalue weighted by Gasteiger charge is -2.16. The minimum atomic E-state index is -3.62. The number of hydrogen-bond acceptors (Lipinski definition) is 4. The summed E-state index contributed by atoms with van der Waals surface area (Å²) in [6.07, 6.45) is 2.98. The van der Waals surface area contributed by atoms with Crippen molar-refractivity contribution in [1.29, 1.82) is 0 Å². The van der Waals surface area contributed by atoms with E-state index in [1.807, 2.05) is 36.4 Å². The van der Waals surface area contributed by atoms with E-state index in [0.29, 0.717) is 18.7 Å². The summed E-state index contributed by atoms with van der Waals surface area (Å²) in [5.41, 5.74) is 2.34. The van der Waals surface area contributed by atoms with Crippen LogP contribution in [0.25, 0.3) is 6.08 Å². The van der Waals surface area contributed by atoms with E-state index in [-0.39, 0.29) is 24.8 Å². The average Bonchev–Trinajstić information content (AvgIpc) is 3.12. The first-order valence-electron chi connectivity index (χ1n) is 9.81. The van der Waals surface area contributed by atoms with Gasteiger partial charge in [-0.25, -0.2) is 13.1 Å². The summed E-state index contributed by atoms with van der Waals surface area (Å²) in [5.74, 6) is -0.142. The molecule has 2 N–H and O–H groups in total. The zero-order chi connectivity index (χ0) is 21.4. The van der Waals surface area contributed by atoms with E-state index in [0.717, 1.165) is 29.5 Å². The Bertz CT molecular complexity index is 1020. The van der Waals surface area contributed by atoms with E-state index in [1.54, 1.807) is 23.1 Å². The number of carbonyl (C=O) groups excluding carboxylic acids is 2. The monoisotopic (exact) mass is 427 g/mol. The minimum absolute atomic E-state index is 0.00470. The molecule has 0 radical (unpaired) electrons. The first-order chi connectivity index (χ1) is 14.4. The number of nitrogens with one attached hydrogen (secondary N) is 2. The molecule has 1 saturated heterocycles. The van der Waals surface area contributed by atoms with Gasteiger partial charge in [-0.1, -0.05) is 42.5 Å². The number of rotatable bonds is 9. The van der Waals surface area contributed by atoms with E-state index >= 15 is 0 Å². The first kappa shape index (κ1) is 21.7. The standard InChI is InChI=1S/C22H25N3O4S/c26-21(11-13-23-30(28,29)15-12-18-6-2-1-3-7-18)24-20-9-4-8-19(16-20)17-25-14-5-10-22(25)27/h1-4,6-9,12,15-16,23H,5,10-11,13-14,17H2,(H,24,26)/b15-12+. The summed E-state index contributed by atoms with van der Waals surface area (Å²) in [6, 6.07) is 16.4. The molecule has 0 spiro atoms. The lowest BCUT2D eigenvalue weighted by atomic mass is 10.2. The normalized spacial score (nSPS) is 14.4. The molecule has 1 fully saturated rings. The van der Waals surface area contributed by atoms with E-state index in [1.165, 1.54) is 6.08 Å². The second-order valence-electron chi connectivity index (χ2n) is 7.07. The molecule has 0 saturated carbocycles. The highest BCUT2D eigenvalue weighted by Gasteiger charge is 2.20. The molecule has 158 valence electrons. The van der Waals surface area contributed by atoms with Crippen molar-refractivity contribution in [2.75, 3.05) is 18.4 Å². The highest BCUT2D eigenvalue weighted by Crippen LogP contribution is 2.17. The molecule has 2 amide bonds. The Hall–Kier alpha value is -2.97. The largest absolute Gasteiger partial charge is 0.338 e. The lowest BCUT2D eigenvalue weighted by molar-refractivity contribution is -0.128. The highest BCUT2D eigenvalue weighted by molar-refractivity contribution is 7.92. The molecular formula is C22H25N3O4S. The van der Waals surface area contributed by atoms with Crippen LogP contribution in [0, 0.1) is 0 Å². The second-order valence-corrected chi connectivity index (χ2v) is 8.72. The third kappa shape index (κ3) is 6.82. The molecule has 2 aromatic rings. The number of amides is 2. The Morgan fingerprint density at radius 3 is 2.63 bits per heavy atom. The molecule has 0 atom stereocenters. The number of hydrogen-bond donors (Lipinski definition) is 2. The van der Waals surface area contributed by atoms with Gasteiger partial charge in [-0.3, -0.25) is 9.59 Å². The Kier molecular flexibility index (Phi) is 7.37. The van der Waals surface area contributed by atoms with Crippen molar-refractivity contribution < 1.29 is 18.0 Å². The van der Waals surface area contributed by atoms with E-state index in [2.05, 4.69) is 10.0 Å². The van der Waals surface area contributed by atoms with Crippen molar-refractivity contribution in [3.8, 4) is 0 Å². The Morgan fingerprint density at radius 1 is 1.10 bits per heavy atom. The molecule has 1 aliphatic heterocycles. The summed E-state index contributed by atoms with van der Waals surface area (Å²) in [5, 5.41) is 3.85. The topological polar surface area (TPSA) is 95.6 Å². The quantitative estimate of drug-likeness (QED) is 0.643. The van der Waals surface area contributed by atoms with Crippen molar-refractivity contribution in [2.45, 2.75) is 25.8 Å². The van der Waals surface area contributed by atoms with Gasteiger partial charge < -0.3 is 10.2 Å². The number of sulfonamides is 1. The fourth-order valence-corrected chi connectivity index (χ4v) is 3.97. The third-order valence-electron chi connectivity index (χ3n) is 4.65. The van der Waals surface area contributed by atoms with Gasteiger partial charge in [0.1, 0.15) is 0 Å². The van der Waals surface area contributed by atoms with Crippen LogP contribution < -0.4 is 10.0 Å². The summed E-state index contributed by atoms with van der Waals surface area (Å²) in [7, 11) is -3.62. The van der Waals surface area contributed by atoms with E-state index in [9.17, 15) is 18.0 Å². The molecule has 1 aliphatic rings. The molecule has 0 unspecified atom stereocenters. The fraction of sp³-hybridized carbons (Fsp3) is 0.273. The van der Waals surface area contributed by atoms with E-state index < -0.39 is 10.0 Å². The van der Waals surface area contributed by atoms with Gasteiger partial charge in [-0.2, -0.15) is 0 Å². The molecule has 30 heavy (non-hydrogen) atoms. The van der Waals surface area contributed by atoms with Crippen LogP contribution in [0.1, 0.15) is 30.4 Å². The second kappa shape index (κ2) is 10.2. The van der Waals surface area contributed by atoms with Crippen LogP contribution in [0.3, 0.4) is 0 Å². The Labute approximate surface area is 176 Å². The van der Waals surface area contributed by atoms with Crippen LogP contribution in [0.2, 0.25) is 0 Å². The molecular weight excluding hydrogens is 402 g/mol. The molecule has 2 aromatic carbocycles. The van der Waals surface area contributed by atoms with Crippen molar-refractivity contribution >= 4 is 33.6 Å². The maximum Gasteiger partial charge on any atom is 0.233 e. The predicted octanol–water partition coefficient (Wildman–Crippen LogP) is 2.73. The van der Waals surface area contributed by atoms with Gasteiger partial charge in [0.05, 0.1) is 0 Å². The lowest BCUT2D eigenvalue weighted by Crippen LogP contribution is -2.26. The van der Waals surface area contributed by atoms with Crippen LogP contribution >= 0.6 is 0 Å². The summed E-state index contributed by atoms with van der Waals surface area (Å²) in [6.45, 7) is 1.28. The highest BCUT2D eigenvalue weighted by atomic mass is 32.2. The fourth-order valence-electron chi connectivity index (χ4n) is 3.15. The SMILES string of the molecule is O=C(CCNS(=O)(=O)/C=C/c1ccccc1)Nc1cccc(CN2CCCC2=O)c1. The Morgan fingerprint density at radius 2 is 1.90 bits per heavy atom. The summed E-state index contributed by atoms with van der Waals surface area (Å²) in [4.78, 5) is 25.7. The van der Waals surface area contributed by atoms with Gasteiger partial charge in [-0.05, 0) is 35.8 Å². The van der Waals surface area contributed by atoms with Gasteiger partial charge >= 0.3 is 0 Å². The maximum absolute atomic E-state index is 12.2. The van der Waals surface area contributed by atoms with Gasteiger partial charge in [0.25, 0.3) is 0 Å². The van der Waals surface area contributed by atoms with Crippen LogP contribution in [0.4, 0.5) is 5.69 Å². The third-order valence-corrected chi connectivity index (χ3v) is 5.75. The molecule has 8 heteroatoms. The van der Waals surface area contributed by atoms with Gasteiger partial charge in [0, 0.05) is 43.6 Å². The first-order valence-corrected chi connectivity index (χ1v) is 11.4. The summed E-state index contributed by atoms with van der Waals surface area (Å²) < 4.78 is 26.4. The number of likely N-dealkylation sites (tertiary alicyclic amines) is 1. The number of carbonyl (C=O) groups is 2. The van der Waals surface area contributed by atoms with Gasteiger partial charge in [-0.15, -0.1) is 0 Å². The average molecular weight is 428 g/mol. The van der Waals surface area contributed by atoms with Crippen molar-refractivity contribution in [1.82, 2.24) is 9.62 Å². The molecule has 3 rings (SSSR count). The van der Waals surface area contributed by atoms with Crippen LogP contribution in [0.5, 0.6) is 0 Å². The molecule has 0 aliphatic carbocycles. The summed E-state index contributed by atoms with van der Waals surface area (Å²) >= 11 is 0. The zero-order valence-corrected chi connectivity index (χ0v) is 17.4. The number of anilines is 1. The maximum atomic E-state index is 12.2. The molecule has 0 bridgehead atoms. The number of benzene rings is 2. The Balaban J connectivity index is 1.46. The molecule has 7 nitrogen and oxygen atoms in total. The van der Waals surface area contributed by atoms with Crippen molar-refractivity contribution in [3.05, 3.63) is 71.1 Å². The molecule has 0 aromatic heterocycles.